The highest BCUT2D eigenvalue weighted by atomic mass is 16.5. The predicted octanol–water partition coefficient (Wildman–Crippen LogP) is 0.983. The highest BCUT2D eigenvalue weighted by molar-refractivity contribution is 5.99. The fourth-order valence-electron chi connectivity index (χ4n) is 2.31. The van der Waals surface area contributed by atoms with Gasteiger partial charge in [-0.05, 0) is 24.6 Å². The topological polar surface area (TPSA) is 81.6 Å². The number of carbonyl (C=O) groups is 1. The van der Waals surface area contributed by atoms with E-state index in [1.165, 1.54) is 0 Å². The van der Waals surface area contributed by atoms with Gasteiger partial charge in [-0.1, -0.05) is 6.92 Å². The monoisotopic (exact) mass is 249 g/mol. The average molecular weight is 249 g/mol. The van der Waals surface area contributed by atoms with Gasteiger partial charge in [0.15, 0.2) is 0 Å². The molecule has 1 fully saturated rings. The Kier molecular flexibility index (Phi) is 3.72. The molecule has 0 spiro atoms. The van der Waals surface area contributed by atoms with Gasteiger partial charge >= 0.3 is 0 Å². The van der Waals surface area contributed by atoms with Crippen molar-refractivity contribution in [2.45, 2.75) is 19.4 Å². The number of primary amides is 1. The maximum Gasteiger partial charge on any atom is 0.250 e. The lowest BCUT2D eigenvalue weighted by Crippen LogP contribution is -2.46. The smallest absolute Gasteiger partial charge is 0.250 e. The molecule has 0 aromatic heterocycles. The first-order valence-corrected chi connectivity index (χ1v) is 6.17. The summed E-state index contributed by atoms with van der Waals surface area (Å²) < 4.78 is 5.47. The average Bonchev–Trinajstić information content (AvgIpc) is 2.38. The summed E-state index contributed by atoms with van der Waals surface area (Å²) in [4.78, 5) is 13.7. The molecule has 1 amide bonds. The molecular weight excluding hydrogens is 230 g/mol. The minimum Gasteiger partial charge on any atom is -0.399 e. The second-order valence-electron chi connectivity index (χ2n) is 4.47. The number of nitrogen functional groups attached to an aromatic ring is 1. The van der Waals surface area contributed by atoms with Crippen molar-refractivity contribution in [1.29, 1.82) is 0 Å². The number of carbonyl (C=O) groups excluding carboxylic acids is 1. The molecule has 1 atom stereocenters. The molecule has 1 unspecified atom stereocenters. The van der Waals surface area contributed by atoms with Crippen LogP contribution < -0.4 is 16.4 Å². The molecular formula is C13H19N3O2. The van der Waals surface area contributed by atoms with Crippen molar-refractivity contribution in [3.8, 4) is 0 Å². The molecule has 1 aliphatic rings. The van der Waals surface area contributed by atoms with E-state index in [4.69, 9.17) is 16.2 Å². The van der Waals surface area contributed by atoms with Gasteiger partial charge in [0.1, 0.15) is 0 Å². The van der Waals surface area contributed by atoms with Crippen LogP contribution in [-0.4, -0.2) is 31.7 Å². The zero-order chi connectivity index (χ0) is 13.1. The first-order valence-electron chi connectivity index (χ1n) is 6.17. The van der Waals surface area contributed by atoms with Crippen LogP contribution in [-0.2, 0) is 4.74 Å². The summed E-state index contributed by atoms with van der Waals surface area (Å²) in [6.07, 6.45) is 0.961. The quantitative estimate of drug-likeness (QED) is 0.782. The van der Waals surface area contributed by atoms with Gasteiger partial charge in [-0.25, -0.2) is 0 Å². The first-order chi connectivity index (χ1) is 8.63. The standard InChI is InChI=1S/C13H19N3O2/c1-2-10-8-18-6-5-16(10)12-4-3-9(14)7-11(12)13(15)17/h3-4,7,10H,2,5-6,8,14H2,1H3,(H2,15,17). The summed E-state index contributed by atoms with van der Waals surface area (Å²) >= 11 is 0. The number of hydrogen-bond donors (Lipinski definition) is 2. The maximum atomic E-state index is 11.5. The highest BCUT2D eigenvalue weighted by Crippen LogP contribution is 2.27. The molecule has 18 heavy (non-hydrogen) atoms. The second-order valence-corrected chi connectivity index (χ2v) is 4.47. The molecule has 1 heterocycles. The van der Waals surface area contributed by atoms with E-state index < -0.39 is 5.91 Å². The Hall–Kier alpha value is -1.75. The number of rotatable bonds is 3. The third-order valence-corrected chi connectivity index (χ3v) is 3.29. The van der Waals surface area contributed by atoms with Gasteiger partial charge in [-0.3, -0.25) is 4.79 Å². The molecule has 5 nitrogen and oxygen atoms in total. The SMILES string of the molecule is CCC1COCCN1c1ccc(N)cc1C(N)=O. The van der Waals surface area contributed by atoms with Crippen molar-refractivity contribution in [1.82, 2.24) is 0 Å². The predicted molar refractivity (Wildman–Crippen MR) is 71.6 cm³/mol. The molecule has 1 saturated heterocycles. The normalized spacial score (nSPS) is 19.8. The van der Waals surface area contributed by atoms with Crippen LogP contribution in [0.3, 0.4) is 0 Å². The Balaban J connectivity index is 2.39. The van der Waals surface area contributed by atoms with Gasteiger partial charge in [0.2, 0.25) is 0 Å². The molecule has 1 aliphatic heterocycles. The third-order valence-electron chi connectivity index (χ3n) is 3.29. The van der Waals surface area contributed by atoms with Crippen LogP contribution in [0.2, 0.25) is 0 Å². The number of ether oxygens (including phenoxy) is 1. The van der Waals surface area contributed by atoms with Crippen LogP contribution in [0.1, 0.15) is 23.7 Å². The molecule has 1 aromatic carbocycles. The van der Waals surface area contributed by atoms with Crippen molar-refractivity contribution in [3.05, 3.63) is 23.8 Å². The van der Waals surface area contributed by atoms with E-state index in [0.717, 1.165) is 18.7 Å². The van der Waals surface area contributed by atoms with Gasteiger partial charge in [0.25, 0.3) is 5.91 Å². The maximum absolute atomic E-state index is 11.5. The zero-order valence-electron chi connectivity index (χ0n) is 10.6. The number of anilines is 2. The van der Waals surface area contributed by atoms with E-state index in [2.05, 4.69) is 11.8 Å². The fraction of sp³-hybridized carbons (Fsp3) is 0.462. The van der Waals surface area contributed by atoms with Gasteiger partial charge in [-0.15, -0.1) is 0 Å². The van der Waals surface area contributed by atoms with Crippen molar-refractivity contribution >= 4 is 17.3 Å². The Morgan fingerprint density at radius 1 is 1.56 bits per heavy atom. The number of benzene rings is 1. The molecule has 4 N–H and O–H groups in total. The van der Waals surface area contributed by atoms with E-state index in [9.17, 15) is 4.79 Å². The van der Waals surface area contributed by atoms with E-state index in [1.807, 2.05) is 6.07 Å². The van der Waals surface area contributed by atoms with Gasteiger partial charge < -0.3 is 21.1 Å². The molecule has 1 aromatic rings. The molecule has 0 aliphatic carbocycles. The minimum absolute atomic E-state index is 0.278. The lowest BCUT2D eigenvalue weighted by molar-refractivity contribution is 0.0921. The van der Waals surface area contributed by atoms with E-state index >= 15 is 0 Å². The van der Waals surface area contributed by atoms with Crippen LogP contribution in [0, 0.1) is 0 Å². The second kappa shape index (κ2) is 5.27. The molecule has 0 radical (unpaired) electrons. The lowest BCUT2D eigenvalue weighted by atomic mass is 10.1. The number of morpholine rings is 1. The minimum atomic E-state index is -0.446. The van der Waals surface area contributed by atoms with Gasteiger partial charge in [0, 0.05) is 12.2 Å². The number of nitrogens with two attached hydrogens (primary N) is 2. The highest BCUT2D eigenvalue weighted by Gasteiger charge is 2.24. The summed E-state index contributed by atoms with van der Waals surface area (Å²) in [5.74, 6) is -0.446. The van der Waals surface area contributed by atoms with Crippen LogP contribution in [0.5, 0.6) is 0 Å². The molecule has 2 rings (SSSR count). The fourth-order valence-corrected chi connectivity index (χ4v) is 2.31. The van der Waals surface area contributed by atoms with E-state index in [1.54, 1.807) is 12.1 Å². The Bertz CT molecular complexity index is 448. The Morgan fingerprint density at radius 3 is 3.00 bits per heavy atom. The molecule has 5 heteroatoms. The van der Waals surface area contributed by atoms with Crippen LogP contribution >= 0.6 is 0 Å². The summed E-state index contributed by atoms with van der Waals surface area (Å²) in [6.45, 7) is 4.22. The van der Waals surface area contributed by atoms with Crippen molar-refractivity contribution in [2.75, 3.05) is 30.4 Å². The van der Waals surface area contributed by atoms with Crippen LogP contribution in [0.15, 0.2) is 18.2 Å². The Morgan fingerprint density at radius 2 is 2.33 bits per heavy atom. The third kappa shape index (κ3) is 2.41. The van der Waals surface area contributed by atoms with E-state index in [-0.39, 0.29) is 6.04 Å². The zero-order valence-corrected chi connectivity index (χ0v) is 10.6. The number of amides is 1. The van der Waals surface area contributed by atoms with Crippen molar-refractivity contribution < 1.29 is 9.53 Å². The van der Waals surface area contributed by atoms with Gasteiger partial charge in [-0.2, -0.15) is 0 Å². The molecule has 0 bridgehead atoms. The van der Waals surface area contributed by atoms with Crippen molar-refractivity contribution in [3.63, 3.8) is 0 Å². The number of nitrogens with zero attached hydrogens (tertiary/aromatic N) is 1. The number of hydrogen-bond acceptors (Lipinski definition) is 4. The van der Waals surface area contributed by atoms with Gasteiger partial charge in [0.05, 0.1) is 30.5 Å². The molecule has 98 valence electrons. The van der Waals surface area contributed by atoms with Crippen LogP contribution in [0.4, 0.5) is 11.4 Å². The summed E-state index contributed by atoms with van der Waals surface area (Å²) in [7, 11) is 0. The lowest BCUT2D eigenvalue weighted by Gasteiger charge is -2.37. The Labute approximate surface area is 107 Å². The summed E-state index contributed by atoms with van der Waals surface area (Å²) in [5.41, 5.74) is 13.0. The van der Waals surface area contributed by atoms with Crippen molar-refractivity contribution in [2.24, 2.45) is 5.73 Å². The summed E-state index contributed by atoms with van der Waals surface area (Å²) in [5, 5.41) is 0. The van der Waals surface area contributed by atoms with Crippen LogP contribution in [0.25, 0.3) is 0 Å². The van der Waals surface area contributed by atoms with E-state index in [0.29, 0.717) is 24.5 Å². The summed E-state index contributed by atoms with van der Waals surface area (Å²) in [6, 6.07) is 5.58. The first kappa shape index (κ1) is 12.7. The largest absolute Gasteiger partial charge is 0.399 e. The molecule has 0 saturated carbocycles.